The smallest absolute Gasteiger partial charge is 0.321 e. The molecule has 0 saturated carbocycles. The molecule has 0 radical (unpaired) electrons. The van der Waals surface area contributed by atoms with Crippen molar-refractivity contribution in [3.63, 3.8) is 0 Å². The van der Waals surface area contributed by atoms with Crippen LogP contribution >= 0.6 is 0 Å². The minimum Gasteiger partial charge on any atom is -0.493 e. The molecule has 10 nitrogen and oxygen atoms in total. The van der Waals surface area contributed by atoms with Crippen LogP contribution in [0.25, 0.3) is 0 Å². The highest BCUT2D eigenvalue weighted by Crippen LogP contribution is 2.40. The number of rotatable bonds is 6. The van der Waals surface area contributed by atoms with Gasteiger partial charge in [-0.2, -0.15) is 5.10 Å². The van der Waals surface area contributed by atoms with E-state index in [1.807, 2.05) is 25.1 Å². The maximum atomic E-state index is 12.8. The van der Waals surface area contributed by atoms with Gasteiger partial charge >= 0.3 is 6.03 Å². The zero-order valence-corrected chi connectivity index (χ0v) is 18.0. The number of carbonyl (C=O) groups is 1. The van der Waals surface area contributed by atoms with Crippen LogP contribution in [0.5, 0.6) is 17.2 Å². The Kier molecular flexibility index (Phi) is 6.65. The number of nitrogens with one attached hydrogen (secondary N) is 1. The van der Waals surface area contributed by atoms with Crippen molar-refractivity contribution in [2.45, 2.75) is 0 Å². The van der Waals surface area contributed by atoms with E-state index < -0.39 is 0 Å². The lowest BCUT2D eigenvalue weighted by molar-refractivity contribution is 0.208. The van der Waals surface area contributed by atoms with E-state index in [2.05, 4.69) is 20.4 Å². The number of benzene rings is 1. The van der Waals surface area contributed by atoms with Gasteiger partial charge in [0.15, 0.2) is 17.3 Å². The Morgan fingerprint density at radius 2 is 1.63 bits per heavy atom. The normalized spacial score (nSPS) is 13.6. The molecule has 2 heterocycles. The quantitative estimate of drug-likeness (QED) is 0.764. The fraction of sp³-hybridized carbons (Fsp3) is 0.450. The summed E-state index contributed by atoms with van der Waals surface area (Å²) in [6.45, 7) is 2.50. The highest BCUT2D eigenvalue weighted by atomic mass is 16.5. The second-order valence-electron chi connectivity index (χ2n) is 6.98. The van der Waals surface area contributed by atoms with E-state index in [0.717, 1.165) is 11.5 Å². The van der Waals surface area contributed by atoms with E-state index in [9.17, 15) is 4.79 Å². The average Bonchev–Trinajstić information content (AvgIpc) is 2.78. The second kappa shape index (κ2) is 9.38. The molecule has 1 aromatic heterocycles. The first-order valence-corrected chi connectivity index (χ1v) is 9.57. The van der Waals surface area contributed by atoms with Crippen molar-refractivity contribution in [2.75, 3.05) is 76.7 Å². The Morgan fingerprint density at radius 3 is 2.17 bits per heavy atom. The number of aromatic nitrogens is 2. The molecule has 2 aromatic rings. The van der Waals surface area contributed by atoms with E-state index in [-0.39, 0.29) is 6.03 Å². The fourth-order valence-corrected chi connectivity index (χ4v) is 3.24. The Hall–Kier alpha value is -3.43. The summed E-state index contributed by atoms with van der Waals surface area (Å²) in [5.74, 6) is 2.26. The second-order valence-corrected chi connectivity index (χ2v) is 6.98. The van der Waals surface area contributed by atoms with Crippen LogP contribution in [0.1, 0.15) is 0 Å². The summed E-state index contributed by atoms with van der Waals surface area (Å²) in [5, 5.41) is 11.2. The standard InChI is InChI=1S/C20H28N6O4/c1-24(2)15-12-18(23-21-13-15)25-6-8-26(9-7-25)20(27)22-14-10-16(28-3)19(30-5)17(11-14)29-4/h10-13H,6-9H2,1-5H3,(H,22,27). The van der Waals surface area contributed by atoms with Gasteiger partial charge in [-0.05, 0) is 0 Å². The summed E-state index contributed by atoms with van der Waals surface area (Å²) in [7, 11) is 8.54. The first-order chi connectivity index (χ1) is 14.5. The highest BCUT2D eigenvalue weighted by molar-refractivity contribution is 5.90. The molecular formula is C20H28N6O4. The zero-order valence-electron chi connectivity index (χ0n) is 18.0. The van der Waals surface area contributed by atoms with Crippen LogP contribution in [0, 0.1) is 0 Å². The number of anilines is 3. The zero-order chi connectivity index (χ0) is 21.7. The van der Waals surface area contributed by atoms with E-state index >= 15 is 0 Å². The number of methoxy groups -OCH3 is 3. The van der Waals surface area contributed by atoms with Crippen LogP contribution in [-0.4, -0.2) is 82.7 Å². The van der Waals surface area contributed by atoms with Gasteiger partial charge in [-0.1, -0.05) is 0 Å². The summed E-state index contributed by atoms with van der Waals surface area (Å²) in [4.78, 5) is 18.6. The molecule has 1 aliphatic heterocycles. The predicted octanol–water partition coefficient (Wildman–Crippen LogP) is 1.92. The molecule has 1 saturated heterocycles. The summed E-state index contributed by atoms with van der Waals surface area (Å²) in [6.07, 6.45) is 1.73. The molecule has 1 fully saturated rings. The summed E-state index contributed by atoms with van der Waals surface area (Å²) in [5.41, 5.74) is 1.56. The van der Waals surface area contributed by atoms with Crippen LogP contribution in [0.3, 0.4) is 0 Å². The fourth-order valence-electron chi connectivity index (χ4n) is 3.24. The third kappa shape index (κ3) is 4.58. The van der Waals surface area contributed by atoms with E-state index in [0.29, 0.717) is 49.1 Å². The van der Waals surface area contributed by atoms with Gasteiger partial charge in [-0.15, -0.1) is 5.10 Å². The molecule has 0 atom stereocenters. The van der Waals surface area contributed by atoms with E-state index in [1.54, 1.807) is 23.2 Å². The number of carbonyl (C=O) groups excluding carboxylic acids is 1. The Morgan fingerprint density at radius 1 is 1.00 bits per heavy atom. The molecule has 0 unspecified atom stereocenters. The number of piperazine rings is 1. The third-order valence-electron chi connectivity index (χ3n) is 4.95. The van der Waals surface area contributed by atoms with Gasteiger partial charge in [0.05, 0.1) is 38.9 Å². The number of ether oxygens (including phenoxy) is 3. The average molecular weight is 416 g/mol. The van der Waals surface area contributed by atoms with E-state index in [1.165, 1.54) is 21.3 Å². The lowest BCUT2D eigenvalue weighted by atomic mass is 10.2. The van der Waals surface area contributed by atoms with Crippen LogP contribution in [0.4, 0.5) is 22.0 Å². The Labute approximate surface area is 176 Å². The number of hydrogen-bond acceptors (Lipinski definition) is 8. The number of hydrogen-bond donors (Lipinski definition) is 1. The number of amides is 2. The summed E-state index contributed by atoms with van der Waals surface area (Å²) in [6, 6.07) is 5.23. The molecule has 1 aliphatic rings. The topological polar surface area (TPSA) is 92.3 Å². The van der Waals surface area contributed by atoms with Crippen molar-refractivity contribution in [1.29, 1.82) is 0 Å². The molecule has 1 aromatic carbocycles. The number of nitrogens with zero attached hydrogens (tertiary/aromatic N) is 5. The SMILES string of the molecule is COc1cc(NC(=O)N2CCN(c3cc(N(C)C)cnn3)CC2)cc(OC)c1OC. The minimum absolute atomic E-state index is 0.183. The first kappa shape index (κ1) is 21.3. The van der Waals surface area contributed by atoms with Crippen molar-refractivity contribution in [3.8, 4) is 17.2 Å². The van der Waals surface area contributed by atoms with Gasteiger partial charge in [-0.25, -0.2) is 4.79 Å². The number of urea groups is 1. The van der Waals surface area contributed by atoms with Crippen LogP contribution in [0.2, 0.25) is 0 Å². The molecule has 10 heteroatoms. The predicted molar refractivity (Wildman–Crippen MR) is 115 cm³/mol. The summed E-state index contributed by atoms with van der Waals surface area (Å²) < 4.78 is 16.0. The van der Waals surface area contributed by atoms with Crippen LogP contribution in [-0.2, 0) is 0 Å². The van der Waals surface area contributed by atoms with Gasteiger partial charge in [0.25, 0.3) is 0 Å². The van der Waals surface area contributed by atoms with Gasteiger partial charge in [0, 0.05) is 58.5 Å². The van der Waals surface area contributed by atoms with Crippen molar-refractivity contribution in [3.05, 3.63) is 24.4 Å². The van der Waals surface area contributed by atoms with E-state index in [4.69, 9.17) is 14.2 Å². The molecule has 162 valence electrons. The third-order valence-corrected chi connectivity index (χ3v) is 4.95. The minimum atomic E-state index is -0.183. The molecule has 0 spiro atoms. The monoisotopic (exact) mass is 416 g/mol. The molecular weight excluding hydrogens is 388 g/mol. The van der Waals surface area contributed by atoms with Crippen LogP contribution < -0.4 is 29.3 Å². The summed E-state index contributed by atoms with van der Waals surface area (Å²) >= 11 is 0. The largest absolute Gasteiger partial charge is 0.493 e. The van der Waals surface area contributed by atoms with Gasteiger partial charge in [0.2, 0.25) is 5.75 Å². The Balaban J connectivity index is 1.64. The molecule has 30 heavy (non-hydrogen) atoms. The lowest BCUT2D eigenvalue weighted by Crippen LogP contribution is -2.50. The molecule has 0 aliphatic carbocycles. The lowest BCUT2D eigenvalue weighted by Gasteiger charge is -2.35. The van der Waals surface area contributed by atoms with Crippen molar-refractivity contribution < 1.29 is 19.0 Å². The molecule has 3 rings (SSSR count). The van der Waals surface area contributed by atoms with Crippen molar-refractivity contribution in [2.24, 2.45) is 0 Å². The maximum Gasteiger partial charge on any atom is 0.321 e. The van der Waals surface area contributed by atoms with Gasteiger partial charge < -0.3 is 34.2 Å². The molecule has 1 N–H and O–H groups in total. The molecule has 2 amide bonds. The van der Waals surface area contributed by atoms with Crippen LogP contribution in [0.15, 0.2) is 24.4 Å². The van der Waals surface area contributed by atoms with Gasteiger partial charge in [-0.3, -0.25) is 0 Å². The maximum absolute atomic E-state index is 12.8. The van der Waals surface area contributed by atoms with Crippen molar-refractivity contribution >= 4 is 23.2 Å². The van der Waals surface area contributed by atoms with Gasteiger partial charge in [0.1, 0.15) is 0 Å². The Bertz CT molecular complexity index is 858. The van der Waals surface area contributed by atoms with Crippen molar-refractivity contribution in [1.82, 2.24) is 15.1 Å². The molecule has 0 bridgehead atoms. The highest BCUT2D eigenvalue weighted by Gasteiger charge is 2.23. The first-order valence-electron chi connectivity index (χ1n) is 9.57.